The van der Waals surface area contributed by atoms with Gasteiger partial charge in [0.2, 0.25) is 0 Å². The van der Waals surface area contributed by atoms with Gasteiger partial charge in [-0.15, -0.1) is 11.8 Å². The van der Waals surface area contributed by atoms with E-state index in [1.807, 2.05) is 6.92 Å². The number of hydrogen-bond donors (Lipinski definition) is 1. The van der Waals surface area contributed by atoms with Crippen molar-refractivity contribution in [3.05, 3.63) is 0 Å². The van der Waals surface area contributed by atoms with E-state index >= 15 is 0 Å². The van der Waals surface area contributed by atoms with Crippen LogP contribution in [0.4, 0.5) is 0 Å². The van der Waals surface area contributed by atoms with Gasteiger partial charge in [0, 0.05) is 6.42 Å². The van der Waals surface area contributed by atoms with Crippen LogP contribution in [0.5, 0.6) is 0 Å². The Morgan fingerprint density at radius 3 is 2.24 bits per heavy atom. The zero-order valence-electron chi connectivity index (χ0n) is 16.4. The molecule has 0 radical (unpaired) electrons. The Kier molecular flexibility index (Phi) is 16.8. The van der Waals surface area contributed by atoms with Gasteiger partial charge in [0.25, 0.3) is 5.97 Å². The minimum absolute atomic E-state index is 0.245. The molecule has 0 heterocycles. The molecular weight excluding hydrogens is 349 g/mol. The fraction of sp³-hybridized carbons (Fsp3) is 0.842. The number of nitriles is 1. The van der Waals surface area contributed by atoms with Crippen molar-refractivity contribution in [1.82, 2.24) is 0 Å². The number of carbonyl (C=O) groups excluding carboxylic acids is 1. The molecular formula is C19H36BNO2S2. The monoisotopic (exact) mass is 385 g/mol. The molecule has 0 aromatic rings. The molecule has 0 saturated carbocycles. The third-order valence-corrected chi connectivity index (χ3v) is 6.71. The molecule has 0 rings (SSSR count). The van der Waals surface area contributed by atoms with Crippen LogP contribution in [-0.2, 0) is 9.45 Å². The molecule has 0 aromatic heterocycles. The summed E-state index contributed by atoms with van der Waals surface area (Å²) in [5.74, 6) is 0.923. The molecule has 0 amide bonds. The minimum atomic E-state index is -0.529. The summed E-state index contributed by atoms with van der Waals surface area (Å²) in [6.45, 7) is 4.16. The van der Waals surface area contributed by atoms with E-state index in [0.717, 1.165) is 0 Å². The van der Waals surface area contributed by atoms with E-state index < -0.39 is 4.75 Å². The lowest BCUT2D eigenvalue weighted by Crippen LogP contribution is -2.19. The molecule has 0 bridgehead atoms. The Morgan fingerprint density at radius 1 is 1.16 bits per heavy atom. The van der Waals surface area contributed by atoms with Crippen LogP contribution in [0.3, 0.4) is 0 Å². The van der Waals surface area contributed by atoms with E-state index in [1.165, 1.54) is 89.4 Å². The van der Waals surface area contributed by atoms with Gasteiger partial charge in [-0.05, 0) is 30.2 Å². The summed E-state index contributed by atoms with van der Waals surface area (Å²) in [5.41, 5.74) is 0. The molecule has 1 atom stereocenters. The maximum Gasteiger partial charge on any atom is 0.325 e. The largest absolute Gasteiger partial charge is 0.543 e. The second-order valence-corrected chi connectivity index (χ2v) is 9.52. The molecule has 144 valence electrons. The zero-order valence-corrected chi connectivity index (χ0v) is 18.1. The molecule has 25 heavy (non-hydrogen) atoms. The lowest BCUT2D eigenvalue weighted by atomic mass is 10.1. The molecule has 0 aliphatic rings. The molecule has 0 fully saturated rings. The van der Waals surface area contributed by atoms with E-state index in [9.17, 15) is 10.1 Å². The Bertz CT molecular complexity index is 413. The fourth-order valence-electron chi connectivity index (χ4n) is 2.48. The van der Waals surface area contributed by atoms with Crippen molar-refractivity contribution in [2.24, 2.45) is 0 Å². The van der Waals surface area contributed by atoms with Gasteiger partial charge >= 0.3 is 8.05 Å². The maximum atomic E-state index is 11.2. The van der Waals surface area contributed by atoms with Gasteiger partial charge in [-0.2, -0.15) is 16.6 Å². The van der Waals surface area contributed by atoms with E-state index in [-0.39, 0.29) is 5.97 Å². The second kappa shape index (κ2) is 17.0. The predicted molar refractivity (Wildman–Crippen MR) is 117 cm³/mol. The summed E-state index contributed by atoms with van der Waals surface area (Å²) in [6.07, 6.45) is 14.5. The van der Waals surface area contributed by atoms with Crippen molar-refractivity contribution >= 4 is 41.8 Å². The normalized spacial score (nSPS) is 13.8. The Hall–Kier alpha value is -0.405. The van der Waals surface area contributed by atoms with Crippen molar-refractivity contribution in [2.75, 3.05) is 5.75 Å². The molecule has 0 aromatic carbocycles. The number of thiol groups is 1. The predicted octanol–water partition coefficient (Wildman–Crippen LogP) is 5.02. The van der Waals surface area contributed by atoms with Crippen LogP contribution in [-0.4, -0.2) is 29.2 Å². The molecule has 0 N–H and O–H groups in total. The first-order valence-corrected chi connectivity index (χ1v) is 11.7. The maximum absolute atomic E-state index is 11.2. The zero-order chi connectivity index (χ0) is 18.8. The quantitative estimate of drug-likeness (QED) is 0.175. The van der Waals surface area contributed by atoms with Gasteiger partial charge in [0.05, 0.1) is 6.07 Å². The average Bonchev–Trinajstić information content (AvgIpc) is 2.63. The SMILES string of the molecule is BOC(=O)CCC(C)(C#N)SC=[SH]CCCCCCCCCCCC. The third kappa shape index (κ3) is 15.6. The molecule has 0 aliphatic carbocycles. The molecule has 6 heteroatoms. The van der Waals surface area contributed by atoms with Crippen LogP contribution in [0.15, 0.2) is 0 Å². The summed E-state index contributed by atoms with van der Waals surface area (Å²) in [6, 6.07) is 2.32. The molecule has 0 aliphatic heterocycles. The van der Waals surface area contributed by atoms with E-state index in [2.05, 4.69) is 22.3 Å². The van der Waals surface area contributed by atoms with Crippen LogP contribution < -0.4 is 0 Å². The van der Waals surface area contributed by atoms with E-state index in [4.69, 9.17) is 0 Å². The van der Waals surface area contributed by atoms with Crippen molar-refractivity contribution in [3.8, 4) is 6.07 Å². The van der Waals surface area contributed by atoms with Gasteiger partial charge in [0.1, 0.15) is 4.75 Å². The van der Waals surface area contributed by atoms with Crippen LogP contribution in [0.25, 0.3) is 0 Å². The number of thioether (sulfide) groups is 1. The minimum Gasteiger partial charge on any atom is -0.543 e. The van der Waals surface area contributed by atoms with E-state index in [1.54, 1.807) is 11.8 Å². The number of unbranched alkanes of at least 4 members (excludes halogenated alkanes) is 9. The number of nitrogens with zero attached hydrogens (tertiary/aromatic N) is 1. The lowest BCUT2D eigenvalue weighted by Gasteiger charge is -2.17. The summed E-state index contributed by atoms with van der Waals surface area (Å²) in [4.78, 5) is 11.2. The van der Waals surface area contributed by atoms with Crippen LogP contribution in [0.2, 0.25) is 0 Å². The smallest absolute Gasteiger partial charge is 0.325 e. The van der Waals surface area contributed by atoms with Crippen molar-refractivity contribution in [2.45, 2.75) is 95.6 Å². The van der Waals surface area contributed by atoms with Crippen molar-refractivity contribution < 1.29 is 9.45 Å². The molecule has 0 saturated heterocycles. The van der Waals surface area contributed by atoms with E-state index in [0.29, 0.717) is 12.8 Å². The summed E-state index contributed by atoms with van der Waals surface area (Å²) < 4.78 is 6.23. The molecule has 0 spiro atoms. The summed E-state index contributed by atoms with van der Waals surface area (Å²) >= 11 is 2.84. The first kappa shape index (κ1) is 24.6. The van der Waals surface area contributed by atoms with Crippen LogP contribution >= 0.6 is 23.1 Å². The third-order valence-electron chi connectivity index (χ3n) is 4.30. The molecule has 3 nitrogen and oxygen atoms in total. The number of carbonyl (C=O) groups is 1. The standard InChI is InChI=1S/C19H36BNO2S2/c1-3-4-5-6-7-8-9-10-11-12-15-24-17-25-19(2,16-21)14-13-18(22)23-20/h17,24H,3-15,20H2,1-2H3. The Morgan fingerprint density at radius 2 is 1.72 bits per heavy atom. The first-order chi connectivity index (χ1) is 12.1. The van der Waals surface area contributed by atoms with Gasteiger partial charge in [0.15, 0.2) is 0 Å². The van der Waals surface area contributed by atoms with Gasteiger partial charge in [-0.1, -0.05) is 64.7 Å². The Balaban J connectivity index is 3.61. The van der Waals surface area contributed by atoms with Crippen molar-refractivity contribution in [3.63, 3.8) is 0 Å². The summed E-state index contributed by atoms with van der Waals surface area (Å²) in [7, 11) is 1.39. The summed E-state index contributed by atoms with van der Waals surface area (Å²) in [5, 5.41) is 9.32. The van der Waals surface area contributed by atoms with Crippen LogP contribution in [0.1, 0.15) is 90.9 Å². The van der Waals surface area contributed by atoms with Gasteiger partial charge in [-0.3, -0.25) is 4.79 Å². The first-order valence-electron chi connectivity index (χ1n) is 9.72. The highest BCUT2D eigenvalue weighted by molar-refractivity contribution is 8.25. The highest BCUT2D eigenvalue weighted by Gasteiger charge is 2.24. The number of hydrogen-bond acceptors (Lipinski definition) is 4. The highest BCUT2D eigenvalue weighted by atomic mass is 32.2. The average molecular weight is 385 g/mol. The highest BCUT2D eigenvalue weighted by Crippen LogP contribution is 2.28. The Labute approximate surface area is 164 Å². The topological polar surface area (TPSA) is 50.1 Å². The van der Waals surface area contributed by atoms with Gasteiger partial charge < -0.3 is 4.65 Å². The fourth-order valence-corrected chi connectivity index (χ4v) is 4.81. The number of rotatable bonds is 16. The van der Waals surface area contributed by atoms with Gasteiger partial charge in [-0.25, -0.2) is 0 Å². The van der Waals surface area contributed by atoms with Crippen molar-refractivity contribution in [1.29, 1.82) is 5.26 Å². The second-order valence-electron chi connectivity index (χ2n) is 6.73. The lowest BCUT2D eigenvalue weighted by molar-refractivity contribution is -0.134. The molecule has 1 unspecified atom stereocenters. The van der Waals surface area contributed by atoms with Crippen LogP contribution in [0, 0.1) is 11.3 Å².